The van der Waals surface area contributed by atoms with Crippen LogP contribution in [-0.2, 0) is 16.1 Å². The molecule has 0 aromatic heterocycles. The maximum atomic E-state index is 11.9. The minimum atomic E-state index is -0.561. The minimum absolute atomic E-state index is 0.0610. The summed E-state index contributed by atoms with van der Waals surface area (Å²) in [5.41, 5.74) is 1.05. The molecule has 7 heteroatoms. The van der Waals surface area contributed by atoms with Crippen LogP contribution < -0.4 is 10.1 Å². The van der Waals surface area contributed by atoms with Gasteiger partial charge in [0.1, 0.15) is 18.9 Å². The Kier molecular flexibility index (Phi) is 6.46. The van der Waals surface area contributed by atoms with Crippen LogP contribution in [0.2, 0.25) is 10.0 Å². The fourth-order valence-corrected chi connectivity index (χ4v) is 2.22. The molecule has 2 aromatic rings. The molecule has 126 valence electrons. The standard InChI is InChI=1S/C17H15Cl2NO4/c1-23-15-5-3-2-4-12(15)10-24-16(21)9-20-17(22)11-6-7-13(18)14(19)8-11/h2-8H,9-10H2,1H3,(H,20,22). The molecule has 0 radical (unpaired) electrons. The number of methoxy groups -OCH3 is 1. The highest BCUT2D eigenvalue weighted by Gasteiger charge is 2.11. The summed E-state index contributed by atoms with van der Waals surface area (Å²) in [5.74, 6) is -0.373. The number of carbonyl (C=O) groups excluding carboxylic acids is 2. The van der Waals surface area contributed by atoms with Crippen molar-refractivity contribution in [1.82, 2.24) is 5.32 Å². The van der Waals surface area contributed by atoms with E-state index in [0.29, 0.717) is 16.3 Å². The van der Waals surface area contributed by atoms with Crippen LogP contribution in [0.15, 0.2) is 42.5 Å². The monoisotopic (exact) mass is 367 g/mol. The zero-order valence-corrected chi connectivity index (χ0v) is 14.4. The van der Waals surface area contributed by atoms with Crippen LogP contribution in [0, 0.1) is 0 Å². The van der Waals surface area contributed by atoms with Gasteiger partial charge >= 0.3 is 5.97 Å². The van der Waals surface area contributed by atoms with E-state index >= 15 is 0 Å². The lowest BCUT2D eigenvalue weighted by atomic mass is 10.2. The van der Waals surface area contributed by atoms with E-state index in [1.54, 1.807) is 12.1 Å². The summed E-state index contributed by atoms with van der Waals surface area (Å²) in [4.78, 5) is 23.7. The molecule has 0 fully saturated rings. The van der Waals surface area contributed by atoms with E-state index in [9.17, 15) is 9.59 Å². The predicted molar refractivity (Wildman–Crippen MR) is 91.6 cm³/mol. The van der Waals surface area contributed by atoms with Crippen molar-refractivity contribution in [3.63, 3.8) is 0 Å². The lowest BCUT2D eigenvalue weighted by Gasteiger charge is -2.10. The number of carbonyl (C=O) groups is 2. The Morgan fingerprint density at radius 1 is 1.08 bits per heavy atom. The summed E-state index contributed by atoms with van der Waals surface area (Å²) in [6.45, 7) is -0.195. The topological polar surface area (TPSA) is 64.6 Å². The van der Waals surface area contributed by atoms with Crippen LogP contribution >= 0.6 is 23.2 Å². The number of para-hydroxylation sites is 1. The Morgan fingerprint density at radius 3 is 2.54 bits per heavy atom. The third-order valence-electron chi connectivity index (χ3n) is 3.16. The lowest BCUT2D eigenvalue weighted by Crippen LogP contribution is -2.30. The molecule has 0 heterocycles. The molecule has 0 bridgehead atoms. The highest BCUT2D eigenvalue weighted by molar-refractivity contribution is 6.42. The largest absolute Gasteiger partial charge is 0.496 e. The normalized spacial score (nSPS) is 10.1. The van der Waals surface area contributed by atoms with Crippen molar-refractivity contribution < 1.29 is 19.1 Å². The van der Waals surface area contributed by atoms with E-state index in [4.69, 9.17) is 32.7 Å². The molecule has 0 aliphatic carbocycles. The summed E-state index contributed by atoms with van der Waals surface area (Å²) in [6.07, 6.45) is 0. The van der Waals surface area contributed by atoms with Gasteiger partial charge in [0, 0.05) is 11.1 Å². The number of esters is 1. The average Bonchev–Trinajstić information content (AvgIpc) is 2.60. The minimum Gasteiger partial charge on any atom is -0.496 e. The molecule has 0 saturated carbocycles. The molecule has 0 unspecified atom stereocenters. The maximum Gasteiger partial charge on any atom is 0.325 e. The van der Waals surface area contributed by atoms with E-state index in [0.717, 1.165) is 5.56 Å². The molecule has 0 saturated heterocycles. The first-order valence-corrected chi connectivity index (χ1v) is 7.77. The molecular weight excluding hydrogens is 353 g/mol. The van der Waals surface area contributed by atoms with Gasteiger partial charge in [-0.2, -0.15) is 0 Å². The van der Waals surface area contributed by atoms with Crippen molar-refractivity contribution in [2.24, 2.45) is 0 Å². The smallest absolute Gasteiger partial charge is 0.325 e. The molecule has 5 nitrogen and oxygen atoms in total. The fraction of sp³-hybridized carbons (Fsp3) is 0.176. The Bertz CT molecular complexity index is 749. The first-order valence-electron chi connectivity index (χ1n) is 7.02. The van der Waals surface area contributed by atoms with Crippen LogP contribution in [-0.4, -0.2) is 25.5 Å². The number of nitrogens with one attached hydrogen (secondary N) is 1. The van der Waals surface area contributed by atoms with Crippen molar-refractivity contribution in [2.75, 3.05) is 13.7 Å². The first-order chi connectivity index (χ1) is 11.5. The first kappa shape index (κ1) is 18.1. The Hall–Kier alpha value is -2.24. The number of rotatable bonds is 6. The quantitative estimate of drug-likeness (QED) is 0.793. The van der Waals surface area contributed by atoms with Crippen molar-refractivity contribution in [3.8, 4) is 5.75 Å². The van der Waals surface area contributed by atoms with E-state index in [1.807, 2.05) is 12.1 Å². The van der Waals surface area contributed by atoms with Crippen LogP contribution in [0.1, 0.15) is 15.9 Å². The maximum absolute atomic E-state index is 11.9. The zero-order valence-electron chi connectivity index (χ0n) is 12.8. The molecule has 2 rings (SSSR count). The zero-order chi connectivity index (χ0) is 17.5. The van der Waals surface area contributed by atoms with Gasteiger partial charge in [-0.1, -0.05) is 41.4 Å². The highest BCUT2D eigenvalue weighted by Crippen LogP contribution is 2.22. The predicted octanol–water partition coefficient (Wildman–Crippen LogP) is 3.48. The van der Waals surface area contributed by atoms with E-state index < -0.39 is 11.9 Å². The van der Waals surface area contributed by atoms with E-state index in [1.165, 1.54) is 25.3 Å². The molecular formula is C17H15Cl2NO4. The van der Waals surface area contributed by atoms with Crippen molar-refractivity contribution in [2.45, 2.75) is 6.61 Å². The summed E-state index contributed by atoms with van der Waals surface area (Å²) in [6, 6.07) is 11.7. The molecule has 0 spiro atoms. The molecule has 24 heavy (non-hydrogen) atoms. The number of benzene rings is 2. The summed E-state index contributed by atoms with van der Waals surface area (Å²) >= 11 is 11.6. The van der Waals surface area contributed by atoms with E-state index in [2.05, 4.69) is 5.32 Å². The van der Waals surface area contributed by atoms with Crippen LogP contribution in [0.5, 0.6) is 5.75 Å². The molecule has 2 aromatic carbocycles. The van der Waals surface area contributed by atoms with Gasteiger partial charge in [-0.05, 0) is 24.3 Å². The molecule has 0 atom stereocenters. The number of amides is 1. The van der Waals surface area contributed by atoms with Gasteiger partial charge in [0.15, 0.2) is 0 Å². The number of hydrogen-bond acceptors (Lipinski definition) is 4. The second kappa shape index (κ2) is 8.57. The Labute approximate surface area is 149 Å². The SMILES string of the molecule is COc1ccccc1COC(=O)CNC(=O)c1ccc(Cl)c(Cl)c1. The Balaban J connectivity index is 1.84. The van der Waals surface area contributed by atoms with Gasteiger partial charge < -0.3 is 14.8 Å². The second-order valence-corrected chi connectivity index (χ2v) is 5.60. The highest BCUT2D eigenvalue weighted by atomic mass is 35.5. The van der Waals surface area contributed by atoms with Gasteiger partial charge in [-0.25, -0.2) is 0 Å². The number of halogens is 2. The van der Waals surface area contributed by atoms with Gasteiger partial charge in [0.25, 0.3) is 5.91 Å². The molecule has 1 N–H and O–H groups in total. The van der Waals surface area contributed by atoms with Crippen LogP contribution in [0.25, 0.3) is 0 Å². The van der Waals surface area contributed by atoms with Gasteiger partial charge in [0.2, 0.25) is 0 Å². The third kappa shape index (κ3) is 4.88. The summed E-state index contributed by atoms with van der Waals surface area (Å²) < 4.78 is 10.3. The van der Waals surface area contributed by atoms with E-state index in [-0.39, 0.29) is 18.2 Å². The second-order valence-electron chi connectivity index (χ2n) is 4.78. The van der Waals surface area contributed by atoms with Gasteiger partial charge in [-0.3, -0.25) is 9.59 Å². The van der Waals surface area contributed by atoms with Crippen molar-refractivity contribution in [3.05, 3.63) is 63.6 Å². The molecule has 1 amide bonds. The van der Waals surface area contributed by atoms with Crippen molar-refractivity contribution >= 4 is 35.1 Å². The van der Waals surface area contributed by atoms with Crippen molar-refractivity contribution in [1.29, 1.82) is 0 Å². The number of ether oxygens (including phenoxy) is 2. The third-order valence-corrected chi connectivity index (χ3v) is 3.90. The van der Waals surface area contributed by atoms with Crippen LogP contribution in [0.3, 0.4) is 0 Å². The molecule has 0 aliphatic heterocycles. The molecule has 0 aliphatic rings. The van der Waals surface area contributed by atoms with Gasteiger partial charge in [-0.15, -0.1) is 0 Å². The summed E-state index contributed by atoms with van der Waals surface area (Å²) in [7, 11) is 1.54. The van der Waals surface area contributed by atoms with Crippen LogP contribution in [0.4, 0.5) is 0 Å². The number of hydrogen-bond donors (Lipinski definition) is 1. The Morgan fingerprint density at radius 2 is 1.83 bits per heavy atom. The summed E-state index contributed by atoms with van der Waals surface area (Å²) in [5, 5.41) is 3.08. The van der Waals surface area contributed by atoms with Gasteiger partial charge in [0.05, 0.1) is 17.2 Å². The lowest BCUT2D eigenvalue weighted by molar-refractivity contribution is -0.143. The fourth-order valence-electron chi connectivity index (χ4n) is 1.92. The average molecular weight is 368 g/mol.